The standard InChI is InChI=1S/C27H23F3N2O5S/c1-19-7-2-3-13-25(19)31-26(33)32(18-23-11-6-14-36-23)17-20-8-4-10-22(15-20)37-38(34,35)24-12-5-9-21(16-24)27(28,29)30/h2-16H,17-18H2,1H3,(H,31,33). The molecule has 0 aliphatic rings. The summed E-state index contributed by atoms with van der Waals surface area (Å²) in [5, 5.41) is 2.86. The van der Waals surface area contributed by atoms with Crippen LogP contribution >= 0.6 is 0 Å². The molecule has 11 heteroatoms. The number of urea groups is 1. The number of nitrogens with one attached hydrogen (secondary N) is 1. The summed E-state index contributed by atoms with van der Waals surface area (Å²) in [7, 11) is -4.55. The molecule has 0 spiro atoms. The number of aryl methyl sites for hydroxylation is 1. The Bertz CT molecular complexity index is 1520. The fraction of sp³-hybridized carbons (Fsp3) is 0.148. The number of anilines is 1. The molecule has 0 saturated heterocycles. The molecule has 0 saturated carbocycles. The van der Waals surface area contributed by atoms with E-state index in [0.717, 1.165) is 23.8 Å². The van der Waals surface area contributed by atoms with Gasteiger partial charge in [-0.3, -0.25) is 0 Å². The van der Waals surface area contributed by atoms with Crippen LogP contribution in [0.15, 0.2) is 101 Å². The monoisotopic (exact) mass is 544 g/mol. The summed E-state index contributed by atoms with van der Waals surface area (Å²) in [5.74, 6) is 0.418. The Morgan fingerprint density at radius 3 is 2.42 bits per heavy atom. The number of hydrogen-bond donors (Lipinski definition) is 1. The van der Waals surface area contributed by atoms with Crippen molar-refractivity contribution < 1.29 is 35.0 Å². The number of furan rings is 1. The molecule has 3 aromatic carbocycles. The molecule has 2 amide bonds. The summed E-state index contributed by atoms with van der Waals surface area (Å²) in [4.78, 5) is 14.0. The second-order valence-corrected chi connectivity index (χ2v) is 9.94. The average molecular weight is 545 g/mol. The van der Waals surface area contributed by atoms with E-state index in [1.807, 2.05) is 19.1 Å². The Labute approximate surface area is 217 Å². The van der Waals surface area contributed by atoms with Crippen molar-refractivity contribution in [2.45, 2.75) is 31.1 Å². The zero-order valence-electron chi connectivity index (χ0n) is 20.1. The molecule has 4 aromatic rings. The summed E-state index contributed by atoms with van der Waals surface area (Å²) in [6.45, 7) is 2.04. The lowest BCUT2D eigenvalue weighted by Gasteiger charge is -2.23. The predicted octanol–water partition coefficient (Wildman–Crippen LogP) is 6.61. The first-order valence-electron chi connectivity index (χ1n) is 11.4. The lowest BCUT2D eigenvalue weighted by Crippen LogP contribution is -2.34. The SMILES string of the molecule is Cc1ccccc1NC(=O)N(Cc1cccc(OS(=O)(=O)c2cccc(C(F)(F)F)c2)c1)Cc1ccco1. The Kier molecular flexibility index (Phi) is 7.77. The van der Waals surface area contributed by atoms with Crippen LogP contribution in [0.1, 0.15) is 22.5 Å². The molecule has 0 bridgehead atoms. The van der Waals surface area contributed by atoms with E-state index in [1.165, 1.54) is 29.4 Å². The Balaban J connectivity index is 1.55. The topological polar surface area (TPSA) is 88.9 Å². The second kappa shape index (κ2) is 11.0. The molecule has 0 fully saturated rings. The van der Waals surface area contributed by atoms with Gasteiger partial charge in [-0.25, -0.2) is 4.79 Å². The minimum absolute atomic E-state index is 0.0548. The molecule has 0 radical (unpaired) electrons. The number of carbonyl (C=O) groups is 1. The van der Waals surface area contributed by atoms with Gasteiger partial charge in [-0.15, -0.1) is 0 Å². The summed E-state index contributed by atoms with van der Waals surface area (Å²) in [5.41, 5.74) is 0.914. The summed E-state index contributed by atoms with van der Waals surface area (Å²) >= 11 is 0. The molecule has 4 rings (SSSR count). The van der Waals surface area contributed by atoms with E-state index < -0.39 is 32.8 Å². The van der Waals surface area contributed by atoms with Gasteiger partial charge in [0.15, 0.2) is 0 Å². The highest BCUT2D eigenvalue weighted by Gasteiger charge is 2.32. The first-order valence-corrected chi connectivity index (χ1v) is 12.8. The van der Waals surface area contributed by atoms with Crippen LogP contribution in [0, 0.1) is 6.92 Å². The molecular formula is C27H23F3N2O5S. The van der Waals surface area contributed by atoms with Gasteiger partial charge in [-0.05, 0) is 66.6 Å². The second-order valence-electron chi connectivity index (χ2n) is 8.39. The van der Waals surface area contributed by atoms with E-state index in [1.54, 1.807) is 30.3 Å². The van der Waals surface area contributed by atoms with Crippen LogP contribution in [0.5, 0.6) is 5.75 Å². The molecule has 38 heavy (non-hydrogen) atoms. The molecule has 7 nitrogen and oxygen atoms in total. The number of carbonyl (C=O) groups excluding carboxylic acids is 1. The third-order valence-corrected chi connectivity index (χ3v) is 6.77. The van der Waals surface area contributed by atoms with Gasteiger partial charge in [-0.1, -0.05) is 36.4 Å². The molecule has 1 heterocycles. The third-order valence-electron chi connectivity index (χ3n) is 5.53. The van der Waals surface area contributed by atoms with Crippen LogP contribution in [0.4, 0.5) is 23.7 Å². The quantitative estimate of drug-likeness (QED) is 0.252. The zero-order valence-corrected chi connectivity index (χ0v) is 20.9. The van der Waals surface area contributed by atoms with Gasteiger partial charge in [0.05, 0.1) is 18.4 Å². The lowest BCUT2D eigenvalue weighted by atomic mass is 10.2. The molecule has 0 aliphatic heterocycles. The molecular weight excluding hydrogens is 521 g/mol. The zero-order chi connectivity index (χ0) is 27.3. The summed E-state index contributed by atoms with van der Waals surface area (Å²) < 4.78 is 75.0. The van der Waals surface area contributed by atoms with Gasteiger partial charge < -0.3 is 18.8 Å². The van der Waals surface area contributed by atoms with E-state index in [9.17, 15) is 26.4 Å². The number of hydrogen-bond acceptors (Lipinski definition) is 5. The maximum atomic E-state index is 13.2. The van der Waals surface area contributed by atoms with Gasteiger partial charge >= 0.3 is 22.3 Å². The number of rotatable bonds is 8. The van der Waals surface area contributed by atoms with Crippen LogP contribution in [-0.4, -0.2) is 19.3 Å². The van der Waals surface area contributed by atoms with Crippen molar-refractivity contribution in [2.75, 3.05) is 5.32 Å². The van der Waals surface area contributed by atoms with E-state index >= 15 is 0 Å². The van der Waals surface area contributed by atoms with Crippen molar-refractivity contribution in [2.24, 2.45) is 0 Å². The van der Waals surface area contributed by atoms with Crippen molar-refractivity contribution >= 4 is 21.8 Å². The van der Waals surface area contributed by atoms with Crippen LogP contribution in [0.3, 0.4) is 0 Å². The number of para-hydroxylation sites is 1. The fourth-order valence-corrected chi connectivity index (χ4v) is 4.59. The number of halogens is 3. The Hall–Kier alpha value is -4.25. The fourth-order valence-electron chi connectivity index (χ4n) is 3.62. The number of nitrogens with zero attached hydrogens (tertiary/aromatic N) is 1. The highest BCUT2D eigenvalue weighted by atomic mass is 32.2. The minimum atomic E-state index is -4.71. The van der Waals surface area contributed by atoms with Crippen LogP contribution in [-0.2, 0) is 29.4 Å². The van der Waals surface area contributed by atoms with Gasteiger partial charge in [0.1, 0.15) is 16.4 Å². The van der Waals surface area contributed by atoms with Crippen LogP contribution in [0.2, 0.25) is 0 Å². The smallest absolute Gasteiger partial charge is 0.416 e. The lowest BCUT2D eigenvalue weighted by molar-refractivity contribution is -0.137. The third kappa shape index (κ3) is 6.74. The normalized spacial score (nSPS) is 11.7. The predicted molar refractivity (Wildman–Crippen MR) is 134 cm³/mol. The van der Waals surface area contributed by atoms with E-state index in [4.69, 9.17) is 8.60 Å². The number of alkyl halides is 3. The van der Waals surface area contributed by atoms with E-state index in [-0.39, 0.29) is 18.8 Å². The van der Waals surface area contributed by atoms with Crippen molar-refractivity contribution in [1.29, 1.82) is 0 Å². The molecule has 1 N–H and O–H groups in total. The van der Waals surface area contributed by atoms with Crippen molar-refractivity contribution in [3.05, 3.63) is 114 Å². The van der Waals surface area contributed by atoms with Gasteiger partial charge in [0.25, 0.3) is 0 Å². The van der Waals surface area contributed by atoms with Gasteiger partial charge in [0.2, 0.25) is 0 Å². The summed E-state index contributed by atoms with van der Waals surface area (Å²) in [6, 6.07) is 19.5. The molecule has 198 valence electrons. The summed E-state index contributed by atoms with van der Waals surface area (Å²) in [6.07, 6.45) is -3.22. The first-order chi connectivity index (χ1) is 18.0. The largest absolute Gasteiger partial charge is 0.467 e. The molecule has 0 atom stereocenters. The van der Waals surface area contributed by atoms with Crippen LogP contribution < -0.4 is 9.50 Å². The maximum Gasteiger partial charge on any atom is 0.416 e. The van der Waals surface area contributed by atoms with E-state index in [0.29, 0.717) is 23.1 Å². The van der Waals surface area contributed by atoms with Crippen molar-refractivity contribution in [1.82, 2.24) is 4.90 Å². The number of amides is 2. The highest BCUT2D eigenvalue weighted by Crippen LogP contribution is 2.31. The molecule has 0 unspecified atom stereocenters. The highest BCUT2D eigenvalue weighted by molar-refractivity contribution is 7.87. The molecule has 1 aromatic heterocycles. The van der Waals surface area contributed by atoms with Gasteiger partial charge in [-0.2, -0.15) is 21.6 Å². The minimum Gasteiger partial charge on any atom is -0.467 e. The maximum absolute atomic E-state index is 13.2. The number of benzene rings is 3. The Morgan fingerprint density at radius 1 is 0.947 bits per heavy atom. The Morgan fingerprint density at radius 2 is 1.71 bits per heavy atom. The average Bonchev–Trinajstić information content (AvgIpc) is 3.38. The van der Waals surface area contributed by atoms with Crippen molar-refractivity contribution in [3.8, 4) is 5.75 Å². The van der Waals surface area contributed by atoms with Crippen molar-refractivity contribution in [3.63, 3.8) is 0 Å². The van der Waals surface area contributed by atoms with Gasteiger partial charge in [0, 0.05) is 12.2 Å². The molecule has 0 aliphatic carbocycles. The van der Waals surface area contributed by atoms with E-state index in [2.05, 4.69) is 5.32 Å². The first kappa shape index (κ1) is 26.8. The van der Waals surface area contributed by atoms with Crippen LogP contribution in [0.25, 0.3) is 0 Å².